The van der Waals surface area contributed by atoms with Gasteiger partial charge in [0.25, 0.3) is 0 Å². The highest BCUT2D eigenvalue weighted by molar-refractivity contribution is 7.09. The molecule has 0 spiro atoms. The third-order valence-corrected chi connectivity index (χ3v) is 2.85. The summed E-state index contributed by atoms with van der Waals surface area (Å²) in [5.41, 5.74) is 0. The molecule has 0 atom stereocenters. The normalized spacial score (nSPS) is 10.7. The van der Waals surface area contributed by atoms with Crippen LogP contribution >= 0.6 is 22.9 Å². The molecule has 0 aliphatic heterocycles. The SMILES string of the molecule is CC(C)Oc1nc(Cl)nc(OCc2cccs2)n1. The lowest BCUT2D eigenvalue weighted by atomic mass is 10.5. The van der Waals surface area contributed by atoms with Gasteiger partial charge < -0.3 is 9.47 Å². The molecule has 0 aliphatic carbocycles. The van der Waals surface area contributed by atoms with Gasteiger partial charge in [-0.1, -0.05) is 6.07 Å². The Kier molecular flexibility index (Phi) is 4.33. The molecule has 0 saturated carbocycles. The molecule has 5 nitrogen and oxygen atoms in total. The first kappa shape index (κ1) is 13.0. The van der Waals surface area contributed by atoms with E-state index in [0.29, 0.717) is 6.61 Å². The van der Waals surface area contributed by atoms with Crippen molar-refractivity contribution >= 4 is 22.9 Å². The van der Waals surface area contributed by atoms with E-state index >= 15 is 0 Å². The van der Waals surface area contributed by atoms with Crippen LogP contribution < -0.4 is 9.47 Å². The molecular weight excluding hydrogens is 274 g/mol. The lowest BCUT2D eigenvalue weighted by molar-refractivity contribution is 0.211. The number of hydrogen-bond acceptors (Lipinski definition) is 6. The van der Waals surface area contributed by atoms with Gasteiger partial charge in [0.15, 0.2) is 0 Å². The monoisotopic (exact) mass is 285 g/mol. The summed E-state index contributed by atoms with van der Waals surface area (Å²) in [4.78, 5) is 12.9. The molecule has 0 aromatic carbocycles. The molecule has 0 fully saturated rings. The van der Waals surface area contributed by atoms with Gasteiger partial charge in [-0.15, -0.1) is 16.3 Å². The first-order valence-corrected chi connectivity index (χ1v) is 6.62. The molecule has 0 N–H and O–H groups in total. The van der Waals surface area contributed by atoms with Crippen molar-refractivity contribution in [1.29, 1.82) is 0 Å². The Labute approximate surface area is 114 Å². The van der Waals surface area contributed by atoms with E-state index in [1.165, 1.54) is 0 Å². The summed E-state index contributed by atoms with van der Waals surface area (Å²) in [5.74, 6) is 0. The molecule has 7 heteroatoms. The minimum absolute atomic E-state index is 0.0337. The van der Waals surface area contributed by atoms with E-state index in [-0.39, 0.29) is 23.4 Å². The maximum atomic E-state index is 5.77. The number of nitrogens with zero attached hydrogens (tertiary/aromatic N) is 3. The predicted octanol–water partition coefficient (Wildman–Crippen LogP) is 2.95. The van der Waals surface area contributed by atoms with Crippen LogP contribution in [0, 0.1) is 0 Å². The van der Waals surface area contributed by atoms with Crippen molar-refractivity contribution < 1.29 is 9.47 Å². The topological polar surface area (TPSA) is 57.1 Å². The van der Waals surface area contributed by atoms with Crippen LogP contribution in [0.25, 0.3) is 0 Å². The van der Waals surface area contributed by atoms with Crippen molar-refractivity contribution in [2.45, 2.75) is 26.6 Å². The third kappa shape index (κ3) is 3.82. The molecule has 18 heavy (non-hydrogen) atoms. The fourth-order valence-electron chi connectivity index (χ4n) is 1.17. The zero-order chi connectivity index (χ0) is 13.0. The van der Waals surface area contributed by atoms with Crippen LogP contribution in [0.4, 0.5) is 0 Å². The fraction of sp³-hybridized carbons (Fsp3) is 0.364. The third-order valence-electron chi connectivity index (χ3n) is 1.83. The van der Waals surface area contributed by atoms with Crippen LogP contribution in [0.15, 0.2) is 17.5 Å². The van der Waals surface area contributed by atoms with Gasteiger partial charge in [-0.2, -0.15) is 9.97 Å². The van der Waals surface area contributed by atoms with Crippen LogP contribution in [-0.2, 0) is 6.61 Å². The molecule has 0 unspecified atom stereocenters. The average Bonchev–Trinajstić information content (AvgIpc) is 2.77. The maximum Gasteiger partial charge on any atom is 0.324 e. The number of aromatic nitrogens is 3. The summed E-state index contributed by atoms with van der Waals surface area (Å²) in [7, 11) is 0. The van der Waals surface area contributed by atoms with E-state index in [4.69, 9.17) is 21.1 Å². The summed E-state index contributed by atoms with van der Waals surface area (Å²) >= 11 is 7.38. The Morgan fingerprint density at radius 3 is 2.72 bits per heavy atom. The summed E-state index contributed by atoms with van der Waals surface area (Å²) in [6.07, 6.45) is -0.0337. The Balaban J connectivity index is 2.05. The first-order chi connectivity index (χ1) is 8.63. The molecule has 2 heterocycles. The largest absolute Gasteiger partial charge is 0.461 e. The number of hydrogen-bond donors (Lipinski definition) is 0. The molecule has 0 radical (unpaired) electrons. The van der Waals surface area contributed by atoms with Gasteiger partial charge in [-0.3, -0.25) is 0 Å². The smallest absolute Gasteiger partial charge is 0.324 e. The Hall–Kier alpha value is -1.40. The summed E-state index contributed by atoms with van der Waals surface area (Å²) in [6, 6.07) is 4.26. The van der Waals surface area contributed by atoms with Crippen LogP contribution in [0.2, 0.25) is 5.28 Å². The molecule has 2 aromatic rings. The molecule has 0 saturated heterocycles. The Bertz CT molecular complexity index is 505. The van der Waals surface area contributed by atoms with E-state index in [9.17, 15) is 0 Å². The molecule has 0 aliphatic rings. The minimum Gasteiger partial charge on any atom is -0.461 e. The minimum atomic E-state index is -0.0337. The highest BCUT2D eigenvalue weighted by Crippen LogP contribution is 2.16. The lowest BCUT2D eigenvalue weighted by Crippen LogP contribution is -2.10. The van der Waals surface area contributed by atoms with Crippen molar-refractivity contribution in [3.63, 3.8) is 0 Å². The van der Waals surface area contributed by atoms with Gasteiger partial charge in [0.05, 0.1) is 6.10 Å². The fourth-order valence-corrected chi connectivity index (χ4v) is 1.93. The van der Waals surface area contributed by atoms with Gasteiger partial charge >= 0.3 is 12.0 Å². The van der Waals surface area contributed by atoms with Crippen molar-refractivity contribution in [3.8, 4) is 12.0 Å². The van der Waals surface area contributed by atoms with Crippen molar-refractivity contribution in [2.75, 3.05) is 0 Å². The molecule has 0 bridgehead atoms. The Morgan fingerprint density at radius 2 is 2.06 bits per heavy atom. The zero-order valence-electron chi connectivity index (χ0n) is 9.96. The van der Waals surface area contributed by atoms with E-state index in [1.54, 1.807) is 11.3 Å². The molecule has 2 aromatic heterocycles. The molecule has 0 amide bonds. The van der Waals surface area contributed by atoms with Crippen LogP contribution in [0.3, 0.4) is 0 Å². The highest BCUT2D eigenvalue weighted by atomic mass is 35.5. The summed E-state index contributed by atoms with van der Waals surface area (Å²) < 4.78 is 10.8. The van der Waals surface area contributed by atoms with Gasteiger partial charge in [0, 0.05) is 4.88 Å². The van der Waals surface area contributed by atoms with Gasteiger partial charge in [0.2, 0.25) is 5.28 Å². The molecule has 96 valence electrons. The van der Waals surface area contributed by atoms with E-state index in [2.05, 4.69) is 15.0 Å². The van der Waals surface area contributed by atoms with Crippen molar-refractivity contribution in [1.82, 2.24) is 15.0 Å². The van der Waals surface area contributed by atoms with E-state index in [0.717, 1.165) is 4.88 Å². The summed E-state index contributed by atoms with van der Waals surface area (Å²) in [5, 5.41) is 2.04. The first-order valence-electron chi connectivity index (χ1n) is 5.37. The standard InChI is InChI=1S/C11H12ClN3O2S/c1-7(2)17-11-14-9(12)13-10(15-11)16-6-8-4-3-5-18-8/h3-5,7H,6H2,1-2H3. The molecular formula is C11H12ClN3O2S. The van der Waals surface area contributed by atoms with E-state index < -0.39 is 0 Å². The van der Waals surface area contributed by atoms with Crippen LogP contribution in [0.5, 0.6) is 12.0 Å². The van der Waals surface area contributed by atoms with Crippen LogP contribution in [-0.4, -0.2) is 21.1 Å². The van der Waals surface area contributed by atoms with Gasteiger partial charge in [-0.05, 0) is 36.9 Å². The summed E-state index contributed by atoms with van der Waals surface area (Å²) in [6.45, 7) is 4.16. The number of rotatable bonds is 5. The zero-order valence-corrected chi connectivity index (χ0v) is 11.5. The quantitative estimate of drug-likeness (QED) is 0.845. The molecule has 2 rings (SSSR count). The highest BCUT2D eigenvalue weighted by Gasteiger charge is 2.09. The second kappa shape index (κ2) is 5.97. The van der Waals surface area contributed by atoms with Crippen LogP contribution in [0.1, 0.15) is 18.7 Å². The van der Waals surface area contributed by atoms with Crippen molar-refractivity contribution in [2.24, 2.45) is 0 Å². The second-order valence-corrected chi connectivity index (χ2v) is 5.07. The van der Waals surface area contributed by atoms with Gasteiger partial charge in [-0.25, -0.2) is 0 Å². The van der Waals surface area contributed by atoms with E-state index in [1.807, 2.05) is 31.4 Å². The number of halogens is 1. The lowest BCUT2D eigenvalue weighted by Gasteiger charge is -2.08. The Morgan fingerprint density at radius 1 is 1.28 bits per heavy atom. The number of thiophene rings is 1. The average molecular weight is 286 g/mol. The predicted molar refractivity (Wildman–Crippen MR) is 69.3 cm³/mol. The number of ether oxygens (including phenoxy) is 2. The maximum absolute atomic E-state index is 5.77. The van der Waals surface area contributed by atoms with Gasteiger partial charge in [0.1, 0.15) is 6.61 Å². The van der Waals surface area contributed by atoms with Crippen molar-refractivity contribution in [3.05, 3.63) is 27.7 Å². The second-order valence-electron chi connectivity index (χ2n) is 3.70.